The summed E-state index contributed by atoms with van der Waals surface area (Å²) in [5.41, 5.74) is -0.274. The van der Waals surface area contributed by atoms with Crippen molar-refractivity contribution in [2.75, 3.05) is 13.1 Å². The van der Waals surface area contributed by atoms with E-state index >= 15 is 0 Å². The normalized spacial score (nSPS) is 44.8. The van der Waals surface area contributed by atoms with Crippen molar-refractivity contribution < 1.29 is 5.11 Å². The van der Waals surface area contributed by atoms with Crippen molar-refractivity contribution in [3.63, 3.8) is 0 Å². The summed E-state index contributed by atoms with van der Waals surface area (Å²) in [4.78, 5) is 2.59. The molecular weight excluding hydrogens is 174 g/mol. The predicted octanol–water partition coefficient (Wildman–Crippen LogP) is 1.78. The fraction of sp³-hybridized carbons (Fsp3) is 1.00. The van der Waals surface area contributed by atoms with E-state index in [0.29, 0.717) is 12.0 Å². The average molecular weight is 195 g/mol. The van der Waals surface area contributed by atoms with Crippen molar-refractivity contribution in [1.82, 2.24) is 4.90 Å². The monoisotopic (exact) mass is 195 g/mol. The molecule has 14 heavy (non-hydrogen) atoms. The van der Waals surface area contributed by atoms with Crippen LogP contribution in [0, 0.1) is 5.92 Å². The Labute approximate surface area is 86.3 Å². The molecule has 2 atom stereocenters. The Balaban J connectivity index is 1.70. The van der Waals surface area contributed by atoms with Gasteiger partial charge in [0.2, 0.25) is 0 Å². The SMILES string of the molecule is OC1(C2CCC2)CCN2CCCC2C1. The van der Waals surface area contributed by atoms with E-state index in [4.69, 9.17) is 0 Å². The van der Waals surface area contributed by atoms with Crippen LogP contribution in [0.2, 0.25) is 0 Å². The summed E-state index contributed by atoms with van der Waals surface area (Å²) in [5.74, 6) is 0.644. The number of hydrogen-bond acceptors (Lipinski definition) is 2. The molecule has 0 radical (unpaired) electrons. The fourth-order valence-corrected chi connectivity index (χ4v) is 3.58. The highest BCUT2D eigenvalue weighted by atomic mass is 16.3. The minimum atomic E-state index is -0.274. The molecule has 2 heterocycles. The van der Waals surface area contributed by atoms with E-state index in [1.165, 1.54) is 38.6 Å². The Bertz CT molecular complexity index is 226. The van der Waals surface area contributed by atoms with E-state index in [9.17, 15) is 5.11 Å². The molecular formula is C12H21NO. The molecule has 0 spiro atoms. The van der Waals surface area contributed by atoms with Gasteiger partial charge >= 0.3 is 0 Å². The number of rotatable bonds is 1. The lowest BCUT2D eigenvalue weighted by Gasteiger charge is -2.48. The molecule has 2 aliphatic heterocycles. The summed E-state index contributed by atoms with van der Waals surface area (Å²) in [6.07, 6.45) is 8.69. The maximum atomic E-state index is 10.6. The first-order chi connectivity index (χ1) is 6.78. The van der Waals surface area contributed by atoms with Crippen LogP contribution in [0.3, 0.4) is 0 Å². The van der Waals surface area contributed by atoms with Gasteiger partial charge in [0.05, 0.1) is 5.60 Å². The molecule has 2 unspecified atom stereocenters. The van der Waals surface area contributed by atoms with E-state index in [1.54, 1.807) is 0 Å². The van der Waals surface area contributed by atoms with E-state index in [-0.39, 0.29) is 5.60 Å². The van der Waals surface area contributed by atoms with E-state index < -0.39 is 0 Å². The van der Waals surface area contributed by atoms with Gasteiger partial charge in [0.25, 0.3) is 0 Å². The molecule has 2 nitrogen and oxygen atoms in total. The van der Waals surface area contributed by atoms with Crippen LogP contribution >= 0.6 is 0 Å². The molecule has 0 bridgehead atoms. The maximum absolute atomic E-state index is 10.6. The number of fused-ring (bicyclic) bond motifs is 1. The highest BCUT2D eigenvalue weighted by Gasteiger charge is 2.46. The molecule has 2 saturated heterocycles. The topological polar surface area (TPSA) is 23.5 Å². The summed E-state index contributed by atoms with van der Waals surface area (Å²) in [6, 6.07) is 0.717. The minimum absolute atomic E-state index is 0.274. The lowest BCUT2D eigenvalue weighted by atomic mass is 9.67. The lowest BCUT2D eigenvalue weighted by Crippen LogP contribution is -2.53. The van der Waals surface area contributed by atoms with E-state index in [2.05, 4.69) is 4.90 Å². The minimum Gasteiger partial charge on any atom is -0.389 e. The summed E-state index contributed by atoms with van der Waals surface area (Å²) in [5, 5.41) is 10.6. The molecule has 3 aliphatic rings. The predicted molar refractivity (Wildman–Crippen MR) is 56.1 cm³/mol. The third kappa shape index (κ3) is 1.31. The summed E-state index contributed by atoms with van der Waals surface area (Å²) in [6.45, 7) is 2.43. The third-order valence-corrected chi connectivity index (χ3v) is 4.79. The molecule has 1 aliphatic carbocycles. The molecule has 3 rings (SSSR count). The first-order valence-corrected chi connectivity index (χ1v) is 6.24. The first-order valence-electron chi connectivity index (χ1n) is 6.24. The first kappa shape index (κ1) is 9.17. The zero-order chi connectivity index (χ0) is 9.60. The van der Waals surface area contributed by atoms with Crippen molar-refractivity contribution in [1.29, 1.82) is 0 Å². The standard InChI is InChI=1S/C12H21NO/c14-12(10-3-1-4-10)6-8-13-7-2-5-11(13)9-12/h10-11,14H,1-9H2. The highest BCUT2D eigenvalue weighted by Crippen LogP contribution is 2.45. The number of nitrogens with zero attached hydrogens (tertiary/aromatic N) is 1. The fourth-order valence-electron chi connectivity index (χ4n) is 3.58. The van der Waals surface area contributed by atoms with Crippen LogP contribution < -0.4 is 0 Å². The molecule has 80 valence electrons. The molecule has 0 amide bonds. The second kappa shape index (κ2) is 3.21. The lowest BCUT2D eigenvalue weighted by molar-refractivity contribution is -0.101. The van der Waals surface area contributed by atoms with Crippen LogP contribution in [0.15, 0.2) is 0 Å². The molecule has 3 fully saturated rings. The van der Waals surface area contributed by atoms with Gasteiger partial charge in [0.15, 0.2) is 0 Å². The smallest absolute Gasteiger partial charge is 0.0702 e. The molecule has 0 aromatic heterocycles. The van der Waals surface area contributed by atoms with Gasteiger partial charge in [-0.2, -0.15) is 0 Å². The van der Waals surface area contributed by atoms with Crippen molar-refractivity contribution in [3.05, 3.63) is 0 Å². The van der Waals surface area contributed by atoms with Crippen LogP contribution in [-0.4, -0.2) is 34.7 Å². The molecule has 1 saturated carbocycles. The van der Waals surface area contributed by atoms with Gasteiger partial charge in [0.1, 0.15) is 0 Å². The Morgan fingerprint density at radius 1 is 1.07 bits per heavy atom. The van der Waals surface area contributed by atoms with Gasteiger partial charge in [-0.05, 0) is 51.0 Å². The molecule has 0 aromatic rings. The third-order valence-electron chi connectivity index (χ3n) is 4.79. The van der Waals surface area contributed by atoms with Gasteiger partial charge in [-0.15, -0.1) is 0 Å². The van der Waals surface area contributed by atoms with Crippen LogP contribution in [0.4, 0.5) is 0 Å². The van der Waals surface area contributed by atoms with Crippen LogP contribution in [0.5, 0.6) is 0 Å². The largest absolute Gasteiger partial charge is 0.389 e. The molecule has 0 aromatic carbocycles. The van der Waals surface area contributed by atoms with Gasteiger partial charge < -0.3 is 10.0 Å². The molecule has 1 N–H and O–H groups in total. The Kier molecular flexibility index (Phi) is 2.10. The Morgan fingerprint density at radius 2 is 1.93 bits per heavy atom. The van der Waals surface area contributed by atoms with E-state index in [1.807, 2.05) is 0 Å². The van der Waals surface area contributed by atoms with Crippen LogP contribution in [0.1, 0.15) is 44.9 Å². The van der Waals surface area contributed by atoms with E-state index in [0.717, 1.165) is 19.4 Å². The average Bonchev–Trinajstić information content (AvgIpc) is 2.46. The molecule has 2 heteroatoms. The number of aliphatic hydroxyl groups is 1. The summed E-state index contributed by atoms with van der Waals surface area (Å²) in [7, 11) is 0. The number of hydrogen-bond donors (Lipinski definition) is 1. The van der Waals surface area contributed by atoms with Gasteiger partial charge in [-0.25, -0.2) is 0 Å². The highest BCUT2D eigenvalue weighted by molar-refractivity contribution is 5.00. The van der Waals surface area contributed by atoms with Gasteiger partial charge in [0, 0.05) is 12.6 Å². The van der Waals surface area contributed by atoms with Crippen molar-refractivity contribution in [2.45, 2.75) is 56.6 Å². The quantitative estimate of drug-likeness (QED) is 0.689. The number of piperidine rings is 1. The van der Waals surface area contributed by atoms with Crippen molar-refractivity contribution in [3.8, 4) is 0 Å². The van der Waals surface area contributed by atoms with Gasteiger partial charge in [-0.3, -0.25) is 0 Å². The van der Waals surface area contributed by atoms with Crippen LogP contribution in [-0.2, 0) is 0 Å². The maximum Gasteiger partial charge on any atom is 0.0702 e. The second-order valence-electron chi connectivity index (χ2n) is 5.52. The zero-order valence-electron chi connectivity index (χ0n) is 8.91. The zero-order valence-corrected chi connectivity index (χ0v) is 8.91. The van der Waals surface area contributed by atoms with Gasteiger partial charge in [-0.1, -0.05) is 6.42 Å². The van der Waals surface area contributed by atoms with Crippen molar-refractivity contribution in [2.24, 2.45) is 5.92 Å². The summed E-state index contributed by atoms with van der Waals surface area (Å²) >= 11 is 0. The Morgan fingerprint density at radius 3 is 2.64 bits per heavy atom. The second-order valence-corrected chi connectivity index (χ2v) is 5.52. The van der Waals surface area contributed by atoms with Crippen molar-refractivity contribution >= 4 is 0 Å². The summed E-state index contributed by atoms with van der Waals surface area (Å²) < 4.78 is 0. The van der Waals surface area contributed by atoms with Crippen LogP contribution in [0.25, 0.3) is 0 Å². The Hall–Kier alpha value is -0.0800.